The smallest absolute Gasteiger partial charge is 0.225 e. The molecule has 1 unspecified atom stereocenters. The van der Waals surface area contributed by atoms with Gasteiger partial charge >= 0.3 is 0 Å². The van der Waals surface area contributed by atoms with Gasteiger partial charge < -0.3 is 10.2 Å². The fourth-order valence-corrected chi connectivity index (χ4v) is 2.12. The van der Waals surface area contributed by atoms with Gasteiger partial charge in [0.2, 0.25) is 11.8 Å². The van der Waals surface area contributed by atoms with Crippen molar-refractivity contribution in [3.63, 3.8) is 0 Å². The third kappa shape index (κ3) is 3.45. The van der Waals surface area contributed by atoms with Gasteiger partial charge in [0, 0.05) is 25.6 Å². The fraction of sp³-hybridized carbons (Fsp3) is 0.846. The summed E-state index contributed by atoms with van der Waals surface area (Å²) >= 11 is 0. The van der Waals surface area contributed by atoms with Gasteiger partial charge in [0.15, 0.2) is 0 Å². The van der Waals surface area contributed by atoms with Crippen LogP contribution in [0.4, 0.5) is 0 Å². The Morgan fingerprint density at radius 3 is 2.76 bits per heavy atom. The Morgan fingerprint density at radius 1 is 1.47 bits per heavy atom. The third-order valence-corrected chi connectivity index (χ3v) is 3.49. The maximum atomic E-state index is 11.8. The predicted octanol–water partition coefficient (Wildman–Crippen LogP) is 1.16. The van der Waals surface area contributed by atoms with Gasteiger partial charge in [-0.3, -0.25) is 9.59 Å². The number of rotatable bonds is 5. The number of nitrogens with one attached hydrogen (secondary N) is 1. The molecule has 2 aliphatic rings. The van der Waals surface area contributed by atoms with E-state index in [-0.39, 0.29) is 17.7 Å². The molecule has 0 aromatic rings. The van der Waals surface area contributed by atoms with E-state index in [1.165, 1.54) is 0 Å². The van der Waals surface area contributed by atoms with E-state index >= 15 is 0 Å². The van der Waals surface area contributed by atoms with Gasteiger partial charge in [-0.05, 0) is 25.2 Å². The Bertz CT molecular complexity index is 311. The van der Waals surface area contributed by atoms with Crippen molar-refractivity contribution in [3.8, 4) is 0 Å². The highest BCUT2D eigenvalue weighted by atomic mass is 16.2. The minimum atomic E-state index is -0.115. The van der Waals surface area contributed by atoms with E-state index in [2.05, 4.69) is 19.2 Å². The number of nitrogens with zero attached hydrogens (tertiary/aromatic N) is 1. The van der Waals surface area contributed by atoms with Gasteiger partial charge in [-0.25, -0.2) is 0 Å². The highest BCUT2D eigenvalue weighted by molar-refractivity contribution is 5.89. The molecular weight excluding hydrogens is 216 g/mol. The second-order valence-electron chi connectivity index (χ2n) is 5.71. The van der Waals surface area contributed by atoms with Gasteiger partial charge in [-0.1, -0.05) is 13.8 Å². The maximum absolute atomic E-state index is 11.8. The molecule has 2 rings (SSSR count). The number of carbonyl (C=O) groups excluding carboxylic acids is 2. The standard InChI is InChI=1S/C13H22N2O2/c1-9(2)5-6-15-8-10(7-12(15)16)13(17)14-11-3-4-11/h9-11H,3-8H2,1-2H3,(H,14,17). The summed E-state index contributed by atoms with van der Waals surface area (Å²) in [5.74, 6) is 0.701. The zero-order valence-electron chi connectivity index (χ0n) is 10.7. The molecule has 1 N–H and O–H groups in total. The van der Waals surface area contributed by atoms with Crippen LogP contribution in [0.5, 0.6) is 0 Å². The topological polar surface area (TPSA) is 49.4 Å². The molecule has 2 amide bonds. The lowest BCUT2D eigenvalue weighted by molar-refractivity contribution is -0.129. The molecule has 0 radical (unpaired) electrons. The summed E-state index contributed by atoms with van der Waals surface area (Å²) < 4.78 is 0. The highest BCUT2D eigenvalue weighted by Gasteiger charge is 2.36. The molecule has 1 aliphatic heterocycles. The number of hydrogen-bond acceptors (Lipinski definition) is 2. The van der Waals surface area contributed by atoms with Crippen molar-refractivity contribution in [2.45, 2.75) is 45.6 Å². The van der Waals surface area contributed by atoms with Gasteiger partial charge in [0.1, 0.15) is 0 Å². The first-order chi connectivity index (χ1) is 8.06. The normalized spacial score (nSPS) is 24.5. The van der Waals surface area contributed by atoms with Crippen molar-refractivity contribution in [2.24, 2.45) is 11.8 Å². The second-order valence-corrected chi connectivity index (χ2v) is 5.71. The molecule has 1 saturated carbocycles. The summed E-state index contributed by atoms with van der Waals surface area (Å²) in [7, 11) is 0. The summed E-state index contributed by atoms with van der Waals surface area (Å²) in [6.07, 6.45) is 3.62. The predicted molar refractivity (Wildman–Crippen MR) is 65.3 cm³/mol. The SMILES string of the molecule is CC(C)CCN1CC(C(=O)NC2CC2)CC1=O. The number of carbonyl (C=O) groups is 2. The molecule has 1 atom stereocenters. The van der Waals surface area contributed by atoms with Crippen LogP contribution < -0.4 is 5.32 Å². The minimum Gasteiger partial charge on any atom is -0.353 e. The van der Waals surface area contributed by atoms with E-state index in [4.69, 9.17) is 0 Å². The van der Waals surface area contributed by atoms with Crippen molar-refractivity contribution in [1.29, 1.82) is 0 Å². The Balaban J connectivity index is 1.78. The van der Waals surface area contributed by atoms with Crippen molar-refractivity contribution in [2.75, 3.05) is 13.1 Å². The first-order valence-corrected chi connectivity index (χ1v) is 6.64. The van der Waals surface area contributed by atoms with Gasteiger partial charge in [0.25, 0.3) is 0 Å². The summed E-state index contributed by atoms with van der Waals surface area (Å²) in [6.45, 7) is 5.71. The van der Waals surface area contributed by atoms with Crippen LogP contribution >= 0.6 is 0 Å². The van der Waals surface area contributed by atoms with Crippen molar-refractivity contribution in [1.82, 2.24) is 10.2 Å². The summed E-state index contributed by atoms with van der Waals surface area (Å²) in [4.78, 5) is 25.4. The van der Waals surface area contributed by atoms with Crippen LogP contribution in [0.3, 0.4) is 0 Å². The van der Waals surface area contributed by atoms with E-state index in [1.54, 1.807) is 0 Å². The van der Waals surface area contributed by atoms with Crippen molar-refractivity contribution >= 4 is 11.8 Å². The third-order valence-electron chi connectivity index (χ3n) is 3.49. The fourth-order valence-electron chi connectivity index (χ4n) is 2.12. The van der Waals surface area contributed by atoms with Crippen LogP contribution in [0.25, 0.3) is 0 Å². The monoisotopic (exact) mass is 238 g/mol. The molecule has 2 fully saturated rings. The molecule has 0 aromatic carbocycles. The zero-order chi connectivity index (χ0) is 12.4. The zero-order valence-corrected chi connectivity index (χ0v) is 10.7. The van der Waals surface area contributed by atoms with Crippen LogP contribution in [-0.2, 0) is 9.59 Å². The van der Waals surface area contributed by atoms with E-state index in [0.717, 1.165) is 25.8 Å². The minimum absolute atomic E-state index is 0.0768. The van der Waals surface area contributed by atoms with Crippen LogP contribution in [0, 0.1) is 11.8 Å². The summed E-state index contributed by atoms with van der Waals surface area (Å²) in [5, 5.41) is 2.98. The summed E-state index contributed by atoms with van der Waals surface area (Å²) in [5.41, 5.74) is 0. The van der Waals surface area contributed by atoms with Crippen LogP contribution in [0.2, 0.25) is 0 Å². The molecule has 0 spiro atoms. The maximum Gasteiger partial charge on any atom is 0.225 e. The lowest BCUT2D eigenvalue weighted by Crippen LogP contribution is -2.34. The molecule has 4 nitrogen and oxygen atoms in total. The number of likely N-dealkylation sites (tertiary alicyclic amines) is 1. The lowest BCUT2D eigenvalue weighted by Gasteiger charge is -2.17. The van der Waals surface area contributed by atoms with Crippen molar-refractivity contribution < 1.29 is 9.59 Å². The molecule has 1 saturated heterocycles. The Morgan fingerprint density at radius 2 is 2.18 bits per heavy atom. The molecule has 1 aliphatic carbocycles. The van der Waals surface area contributed by atoms with E-state index in [0.29, 0.717) is 24.9 Å². The van der Waals surface area contributed by atoms with Crippen LogP contribution in [0.15, 0.2) is 0 Å². The van der Waals surface area contributed by atoms with Gasteiger partial charge in [-0.15, -0.1) is 0 Å². The Hall–Kier alpha value is -1.06. The van der Waals surface area contributed by atoms with E-state index < -0.39 is 0 Å². The van der Waals surface area contributed by atoms with Crippen LogP contribution in [-0.4, -0.2) is 35.8 Å². The molecule has 4 heteroatoms. The number of amides is 2. The molecule has 1 heterocycles. The van der Waals surface area contributed by atoms with Gasteiger partial charge in [0.05, 0.1) is 5.92 Å². The van der Waals surface area contributed by atoms with Crippen molar-refractivity contribution in [3.05, 3.63) is 0 Å². The molecule has 17 heavy (non-hydrogen) atoms. The summed E-state index contributed by atoms with van der Waals surface area (Å²) in [6, 6.07) is 0.391. The van der Waals surface area contributed by atoms with Crippen LogP contribution in [0.1, 0.15) is 39.5 Å². The molecule has 0 bridgehead atoms. The van der Waals surface area contributed by atoms with E-state index in [9.17, 15) is 9.59 Å². The highest BCUT2D eigenvalue weighted by Crippen LogP contribution is 2.23. The average molecular weight is 238 g/mol. The second kappa shape index (κ2) is 5.07. The first kappa shape index (κ1) is 12.4. The molecule has 0 aromatic heterocycles. The number of hydrogen-bond donors (Lipinski definition) is 1. The quantitative estimate of drug-likeness (QED) is 0.781. The Kier molecular flexibility index (Phi) is 3.69. The largest absolute Gasteiger partial charge is 0.353 e. The Labute approximate surface area is 103 Å². The molecule has 96 valence electrons. The molecular formula is C13H22N2O2. The lowest BCUT2D eigenvalue weighted by atomic mass is 10.1. The average Bonchev–Trinajstić information content (AvgIpc) is 2.98. The van der Waals surface area contributed by atoms with E-state index in [1.807, 2.05) is 4.90 Å². The van der Waals surface area contributed by atoms with Gasteiger partial charge in [-0.2, -0.15) is 0 Å². The first-order valence-electron chi connectivity index (χ1n) is 6.64.